The molecule has 0 N–H and O–H groups in total. The van der Waals surface area contributed by atoms with E-state index in [-0.39, 0.29) is 23.7 Å². The van der Waals surface area contributed by atoms with E-state index in [0.717, 1.165) is 18.5 Å². The molecule has 0 atom stereocenters. The molecular formula is C14H17NO3. The van der Waals surface area contributed by atoms with Crippen molar-refractivity contribution in [2.24, 2.45) is 0 Å². The van der Waals surface area contributed by atoms with Gasteiger partial charge in [0.2, 0.25) is 0 Å². The van der Waals surface area contributed by atoms with E-state index in [9.17, 15) is 14.4 Å². The zero-order valence-electron chi connectivity index (χ0n) is 10.6. The van der Waals surface area contributed by atoms with Crippen molar-refractivity contribution in [3.8, 4) is 0 Å². The maximum atomic E-state index is 11.8. The van der Waals surface area contributed by atoms with Crippen LogP contribution in [0.15, 0.2) is 16.9 Å². The minimum atomic E-state index is -0.187. The van der Waals surface area contributed by atoms with Gasteiger partial charge in [0.1, 0.15) is 0 Å². The van der Waals surface area contributed by atoms with Crippen LogP contribution in [0.2, 0.25) is 0 Å². The van der Waals surface area contributed by atoms with Crippen LogP contribution < -0.4 is 5.56 Å². The van der Waals surface area contributed by atoms with Crippen LogP contribution in [0.3, 0.4) is 0 Å². The third kappa shape index (κ3) is 2.42. The Kier molecular flexibility index (Phi) is 3.75. The van der Waals surface area contributed by atoms with Gasteiger partial charge in [-0.2, -0.15) is 0 Å². The number of aromatic nitrogens is 1. The van der Waals surface area contributed by atoms with Crippen LogP contribution in [-0.4, -0.2) is 16.1 Å². The maximum absolute atomic E-state index is 11.8. The smallest absolute Gasteiger partial charge is 0.251 e. The molecule has 1 aliphatic carbocycles. The summed E-state index contributed by atoms with van der Waals surface area (Å²) < 4.78 is 1.48. The second-order valence-electron chi connectivity index (χ2n) is 4.68. The monoisotopic (exact) mass is 247 g/mol. The van der Waals surface area contributed by atoms with Gasteiger partial charge in [-0.15, -0.1) is 0 Å². The van der Waals surface area contributed by atoms with E-state index in [4.69, 9.17) is 0 Å². The third-order valence-corrected chi connectivity index (χ3v) is 3.28. The number of hydrogen-bond donors (Lipinski definition) is 0. The minimum Gasteiger partial charge on any atom is -0.305 e. The standard InChI is InChI=1S/C14H17NO3/c1-2-4-10(16)9-15-12-5-3-6-13(17)11(12)7-8-14(15)18/h7-8H,2-6,9H2,1H3. The Labute approximate surface area is 106 Å². The summed E-state index contributed by atoms with van der Waals surface area (Å²) >= 11 is 0. The Bertz CT molecular complexity index is 542. The number of Topliss-reactive ketones (excluding diaryl/α,β-unsaturated/α-hetero) is 2. The van der Waals surface area contributed by atoms with Crippen LogP contribution >= 0.6 is 0 Å². The summed E-state index contributed by atoms with van der Waals surface area (Å²) in [7, 11) is 0. The van der Waals surface area contributed by atoms with Crippen LogP contribution in [0.5, 0.6) is 0 Å². The highest BCUT2D eigenvalue weighted by Crippen LogP contribution is 2.19. The highest BCUT2D eigenvalue weighted by molar-refractivity contribution is 5.98. The summed E-state index contributed by atoms with van der Waals surface area (Å²) in [6.07, 6.45) is 3.26. The van der Waals surface area contributed by atoms with E-state index in [1.807, 2.05) is 6.92 Å². The second-order valence-corrected chi connectivity index (χ2v) is 4.68. The van der Waals surface area contributed by atoms with Gasteiger partial charge in [-0.1, -0.05) is 6.92 Å². The first-order chi connectivity index (χ1) is 8.63. The summed E-state index contributed by atoms with van der Waals surface area (Å²) in [5, 5.41) is 0. The average molecular weight is 247 g/mol. The lowest BCUT2D eigenvalue weighted by atomic mass is 9.94. The van der Waals surface area contributed by atoms with Crippen molar-refractivity contribution < 1.29 is 9.59 Å². The Morgan fingerprint density at radius 3 is 2.78 bits per heavy atom. The summed E-state index contributed by atoms with van der Waals surface area (Å²) in [6.45, 7) is 2.04. The minimum absolute atomic E-state index is 0.0472. The van der Waals surface area contributed by atoms with Crippen molar-refractivity contribution in [3.05, 3.63) is 33.7 Å². The first-order valence-electron chi connectivity index (χ1n) is 6.41. The van der Waals surface area contributed by atoms with Gasteiger partial charge in [-0.05, 0) is 25.3 Å². The quantitative estimate of drug-likeness (QED) is 0.814. The molecule has 0 unspecified atom stereocenters. The molecule has 1 aliphatic rings. The molecule has 1 aromatic heterocycles. The zero-order chi connectivity index (χ0) is 13.1. The molecule has 0 aromatic carbocycles. The van der Waals surface area contributed by atoms with Crippen molar-refractivity contribution in [3.63, 3.8) is 0 Å². The number of rotatable bonds is 4. The van der Waals surface area contributed by atoms with Gasteiger partial charge in [0.05, 0.1) is 6.54 Å². The van der Waals surface area contributed by atoms with Gasteiger partial charge >= 0.3 is 0 Å². The Balaban J connectivity index is 2.40. The van der Waals surface area contributed by atoms with Crippen LogP contribution in [0.25, 0.3) is 0 Å². The van der Waals surface area contributed by atoms with Crippen LogP contribution in [0.4, 0.5) is 0 Å². The summed E-state index contributed by atoms with van der Waals surface area (Å²) in [6, 6.07) is 2.99. The molecule has 0 amide bonds. The topological polar surface area (TPSA) is 56.1 Å². The molecule has 4 heteroatoms. The van der Waals surface area contributed by atoms with E-state index < -0.39 is 0 Å². The number of ketones is 2. The Morgan fingerprint density at radius 2 is 2.06 bits per heavy atom. The summed E-state index contributed by atoms with van der Waals surface area (Å²) in [5.41, 5.74) is 1.17. The lowest BCUT2D eigenvalue weighted by molar-refractivity contribution is -0.119. The van der Waals surface area contributed by atoms with Gasteiger partial charge in [0.25, 0.3) is 5.56 Å². The van der Waals surface area contributed by atoms with Crippen molar-refractivity contribution >= 4 is 11.6 Å². The number of pyridine rings is 1. The van der Waals surface area contributed by atoms with Gasteiger partial charge in [0, 0.05) is 30.2 Å². The zero-order valence-corrected chi connectivity index (χ0v) is 10.6. The molecular weight excluding hydrogens is 230 g/mol. The summed E-state index contributed by atoms with van der Waals surface area (Å²) in [5.74, 6) is 0.124. The molecule has 2 rings (SSSR count). The van der Waals surface area contributed by atoms with E-state index in [1.54, 1.807) is 6.07 Å². The number of carbonyl (C=O) groups excluding carboxylic acids is 2. The molecule has 0 bridgehead atoms. The summed E-state index contributed by atoms with van der Waals surface area (Å²) in [4.78, 5) is 35.3. The average Bonchev–Trinajstić information content (AvgIpc) is 2.33. The van der Waals surface area contributed by atoms with Gasteiger partial charge < -0.3 is 4.57 Å². The molecule has 0 saturated carbocycles. The molecule has 1 heterocycles. The largest absolute Gasteiger partial charge is 0.305 e. The molecule has 4 nitrogen and oxygen atoms in total. The maximum Gasteiger partial charge on any atom is 0.251 e. The molecule has 1 aromatic rings. The highest BCUT2D eigenvalue weighted by Gasteiger charge is 2.21. The van der Waals surface area contributed by atoms with E-state index >= 15 is 0 Å². The molecule has 0 aliphatic heterocycles. The first-order valence-corrected chi connectivity index (χ1v) is 6.41. The third-order valence-electron chi connectivity index (χ3n) is 3.28. The molecule has 96 valence electrons. The second kappa shape index (κ2) is 5.29. The van der Waals surface area contributed by atoms with E-state index in [0.29, 0.717) is 24.8 Å². The first kappa shape index (κ1) is 12.7. The fraction of sp³-hybridized carbons (Fsp3) is 0.500. The lowest BCUT2D eigenvalue weighted by Gasteiger charge is -2.19. The van der Waals surface area contributed by atoms with Crippen molar-refractivity contribution in [1.29, 1.82) is 0 Å². The van der Waals surface area contributed by atoms with Crippen molar-refractivity contribution in [2.45, 2.75) is 45.6 Å². The number of nitrogens with zero attached hydrogens (tertiary/aromatic N) is 1. The predicted octanol–water partition coefficient (Wildman–Crippen LogP) is 1.74. The Hall–Kier alpha value is -1.71. The fourth-order valence-corrected chi connectivity index (χ4v) is 2.40. The van der Waals surface area contributed by atoms with Crippen LogP contribution in [-0.2, 0) is 17.8 Å². The van der Waals surface area contributed by atoms with Gasteiger partial charge in [0.15, 0.2) is 11.6 Å². The van der Waals surface area contributed by atoms with Crippen LogP contribution in [0, 0.1) is 0 Å². The highest BCUT2D eigenvalue weighted by atomic mass is 16.1. The van der Waals surface area contributed by atoms with E-state index in [1.165, 1.54) is 10.6 Å². The molecule has 0 radical (unpaired) electrons. The number of fused-ring (bicyclic) bond motifs is 1. The van der Waals surface area contributed by atoms with E-state index in [2.05, 4.69) is 0 Å². The Morgan fingerprint density at radius 1 is 1.28 bits per heavy atom. The van der Waals surface area contributed by atoms with Crippen molar-refractivity contribution in [2.75, 3.05) is 0 Å². The van der Waals surface area contributed by atoms with Gasteiger partial charge in [-0.3, -0.25) is 14.4 Å². The molecule has 18 heavy (non-hydrogen) atoms. The molecule has 0 spiro atoms. The van der Waals surface area contributed by atoms with Crippen LogP contribution in [0.1, 0.15) is 48.7 Å². The van der Waals surface area contributed by atoms with Crippen molar-refractivity contribution in [1.82, 2.24) is 4.57 Å². The number of hydrogen-bond acceptors (Lipinski definition) is 3. The van der Waals surface area contributed by atoms with Gasteiger partial charge in [-0.25, -0.2) is 0 Å². The molecule has 0 fully saturated rings. The SMILES string of the molecule is CCCC(=O)Cn1c2c(ccc1=O)C(=O)CCC2. The number of carbonyl (C=O) groups is 2. The lowest BCUT2D eigenvalue weighted by Crippen LogP contribution is -2.30. The normalized spacial score (nSPS) is 14.4. The molecule has 0 saturated heterocycles. The predicted molar refractivity (Wildman–Crippen MR) is 67.9 cm³/mol. The fourth-order valence-electron chi connectivity index (χ4n) is 2.40.